The number of rotatable bonds is 9. The molecule has 0 unspecified atom stereocenters. The van der Waals surface area contributed by atoms with Crippen LogP contribution in [0.3, 0.4) is 0 Å². The van der Waals surface area contributed by atoms with Crippen molar-refractivity contribution in [3.63, 3.8) is 0 Å². The Hall–Kier alpha value is -2.68. The van der Waals surface area contributed by atoms with E-state index in [-0.39, 0.29) is 30.2 Å². The molecule has 3 rings (SSSR count). The van der Waals surface area contributed by atoms with E-state index in [0.29, 0.717) is 11.4 Å². The van der Waals surface area contributed by atoms with Gasteiger partial charge in [0.25, 0.3) is 0 Å². The van der Waals surface area contributed by atoms with Crippen LogP contribution in [0.15, 0.2) is 36.4 Å². The second-order valence-corrected chi connectivity index (χ2v) is 8.00. The van der Waals surface area contributed by atoms with Crippen molar-refractivity contribution >= 4 is 23.3 Å². The van der Waals surface area contributed by atoms with Crippen molar-refractivity contribution in [1.29, 1.82) is 0 Å². The summed E-state index contributed by atoms with van der Waals surface area (Å²) in [7, 11) is 3.10. The monoisotopic (exact) mass is 463 g/mol. The number of hydrogen-bond donors (Lipinski definition) is 0. The van der Waals surface area contributed by atoms with Crippen LogP contribution in [0.5, 0.6) is 5.75 Å². The summed E-state index contributed by atoms with van der Waals surface area (Å²) in [5, 5.41) is 12.3. The molecule has 1 aliphatic carbocycles. The van der Waals surface area contributed by atoms with E-state index in [1.54, 1.807) is 27.2 Å². The molecule has 0 spiro atoms. The lowest BCUT2D eigenvalue weighted by Crippen LogP contribution is -2.49. The summed E-state index contributed by atoms with van der Waals surface area (Å²) in [4.78, 5) is 23.1. The van der Waals surface area contributed by atoms with Crippen LogP contribution in [0.25, 0.3) is 0 Å². The van der Waals surface area contributed by atoms with E-state index in [4.69, 9.17) is 30.5 Å². The summed E-state index contributed by atoms with van der Waals surface area (Å²) in [6.07, 6.45) is 1.76. The fourth-order valence-electron chi connectivity index (χ4n) is 4.32. The minimum atomic E-state index is -0.699. The maximum atomic E-state index is 12.0. The molecule has 1 aliphatic rings. The summed E-state index contributed by atoms with van der Waals surface area (Å²) in [5.41, 5.74) is 1.12. The van der Waals surface area contributed by atoms with E-state index in [2.05, 4.69) is 0 Å². The van der Waals surface area contributed by atoms with E-state index in [0.717, 1.165) is 24.0 Å². The number of halogens is 1. The first kappa shape index (κ1) is 24.0. The predicted molar refractivity (Wildman–Crippen MR) is 118 cm³/mol. The van der Waals surface area contributed by atoms with Crippen LogP contribution in [-0.2, 0) is 26.0 Å². The Kier molecular flexibility index (Phi) is 7.71. The van der Waals surface area contributed by atoms with Gasteiger partial charge in [-0.3, -0.25) is 10.1 Å². The highest BCUT2D eigenvalue weighted by Crippen LogP contribution is 2.43. The third kappa shape index (κ3) is 4.72. The van der Waals surface area contributed by atoms with Crippen molar-refractivity contribution in [3.05, 3.63) is 68.2 Å². The van der Waals surface area contributed by atoms with Crippen molar-refractivity contribution in [2.75, 3.05) is 27.4 Å². The van der Waals surface area contributed by atoms with Gasteiger partial charge < -0.3 is 18.9 Å². The summed E-state index contributed by atoms with van der Waals surface area (Å²) in [6.45, 7) is 1.92. The first-order chi connectivity index (χ1) is 15.4. The molecule has 0 saturated carbocycles. The number of nitro groups is 1. The molecular formula is C23H26ClNO7. The van der Waals surface area contributed by atoms with Crippen LogP contribution in [0, 0.1) is 10.1 Å². The van der Waals surface area contributed by atoms with Gasteiger partial charge in [0.05, 0.1) is 22.5 Å². The van der Waals surface area contributed by atoms with E-state index in [1.165, 1.54) is 18.2 Å². The second kappa shape index (κ2) is 10.3. The number of nitrogens with zero attached hydrogens (tertiary/aromatic N) is 1. The number of fused-ring (bicyclic) bond motifs is 1. The normalized spacial score (nSPS) is 17.7. The molecule has 172 valence electrons. The zero-order chi connectivity index (χ0) is 23.3. The smallest absolute Gasteiger partial charge is 0.338 e. The predicted octanol–water partition coefficient (Wildman–Crippen LogP) is 4.70. The second-order valence-electron chi connectivity index (χ2n) is 7.56. The fraction of sp³-hybridized carbons (Fsp3) is 0.435. The SMILES string of the molecule is CCOC(=O)c1ccc(OC[C@@]2(C(OC)OC)CCCc3cc(Cl)ccc32)c([N+](=O)[O-])c1. The molecular weight excluding hydrogens is 438 g/mol. The largest absolute Gasteiger partial charge is 0.486 e. The third-order valence-electron chi connectivity index (χ3n) is 5.70. The van der Waals surface area contributed by atoms with Crippen LogP contribution < -0.4 is 4.74 Å². The average Bonchev–Trinajstić information content (AvgIpc) is 2.78. The molecule has 0 amide bonds. The van der Waals surface area contributed by atoms with Crippen LogP contribution in [0.4, 0.5) is 5.69 Å². The molecule has 0 fully saturated rings. The maximum absolute atomic E-state index is 12.0. The standard InChI is InChI=1S/C23H26ClNO7/c1-4-31-21(26)16-7-10-20(19(13-16)25(27)28)32-14-23(22(29-2)30-3)11-5-6-15-12-17(24)8-9-18(15)23/h7-10,12-13,22H,4-6,11,14H2,1-3H3/t23-/m0/s1. The molecule has 0 aliphatic heterocycles. The minimum absolute atomic E-state index is 0.0504. The van der Waals surface area contributed by atoms with Gasteiger partial charge >= 0.3 is 11.7 Å². The van der Waals surface area contributed by atoms with Gasteiger partial charge in [-0.1, -0.05) is 17.7 Å². The Morgan fingerprint density at radius 2 is 1.97 bits per heavy atom. The molecule has 0 radical (unpaired) electrons. The number of carbonyl (C=O) groups is 1. The van der Waals surface area contributed by atoms with Crippen molar-refractivity contribution in [2.24, 2.45) is 0 Å². The lowest BCUT2D eigenvalue weighted by molar-refractivity contribution is -0.386. The van der Waals surface area contributed by atoms with Gasteiger partial charge in [0.1, 0.15) is 6.61 Å². The van der Waals surface area contributed by atoms with Crippen LogP contribution in [0.1, 0.15) is 41.3 Å². The Labute approximate surface area is 191 Å². The van der Waals surface area contributed by atoms with Crippen molar-refractivity contribution in [3.8, 4) is 5.75 Å². The first-order valence-corrected chi connectivity index (χ1v) is 10.7. The summed E-state index contributed by atoms with van der Waals surface area (Å²) in [5.74, 6) is -0.579. The minimum Gasteiger partial charge on any atom is -0.486 e. The van der Waals surface area contributed by atoms with Crippen molar-refractivity contribution in [1.82, 2.24) is 0 Å². The van der Waals surface area contributed by atoms with Crippen LogP contribution in [-0.4, -0.2) is 44.6 Å². The average molecular weight is 464 g/mol. The first-order valence-electron chi connectivity index (χ1n) is 10.3. The number of benzene rings is 2. The zero-order valence-electron chi connectivity index (χ0n) is 18.3. The lowest BCUT2D eigenvalue weighted by atomic mass is 9.69. The van der Waals surface area contributed by atoms with Gasteiger partial charge in [0.2, 0.25) is 0 Å². The van der Waals surface area contributed by atoms with Gasteiger partial charge in [0, 0.05) is 25.3 Å². The number of hydrogen-bond acceptors (Lipinski definition) is 7. The Bertz CT molecular complexity index is 992. The summed E-state index contributed by atoms with van der Waals surface area (Å²) in [6, 6.07) is 9.69. The Morgan fingerprint density at radius 1 is 1.22 bits per heavy atom. The zero-order valence-corrected chi connectivity index (χ0v) is 19.0. The molecule has 0 N–H and O–H groups in total. The van der Waals surface area contributed by atoms with Crippen LogP contribution >= 0.6 is 11.6 Å². The topological polar surface area (TPSA) is 97.1 Å². The van der Waals surface area contributed by atoms with E-state index < -0.39 is 22.6 Å². The van der Waals surface area contributed by atoms with Gasteiger partial charge in [-0.2, -0.15) is 0 Å². The molecule has 32 heavy (non-hydrogen) atoms. The summed E-state index contributed by atoms with van der Waals surface area (Å²) < 4.78 is 22.2. The highest BCUT2D eigenvalue weighted by atomic mass is 35.5. The Morgan fingerprint density at radius 3 is 2.62 bits per heavy atom. The Balaban J connectivity index is 1.98. The number of aryl methyl sites for hydroxylation is 1. The molecule has 2 aromatic carbocycles. The van der Waals surface area contributed by atoms with Crippen LogP contribution in [0.2, 0.25) is 5.02 Å². The molecule has 0 heterocycles. The van der Waals surface area contributed by atoms with Gasteiger partial charge in [-0.15, -0.1) is 0 Å². The number of ether oxygens (including phenoxy) is 4. The fourth-order valence-corrected chi connectivity index (χ4v) is 4.52. The number of esters is 1. The number of carbonyl (C=O) groups excluding carboxylic acids is 1. The third-order valence-corrected chi connectivity index (χ3v) is 5.94. The van der Waals surface area contributed by atoms with Crippen molar-refractivity contribution in [2.45, 2.75) is 37.9 Å². The number of nitro benzene ring substituents is 1. The molecule has 1 atom stereocenters. The molecule has 0 saturated heterocycles. The van der Waals surface area contributed by atoms with Gasteiger partial charge in [-0.25, -0.2) is 4.79 Å². The molecule has 0 aromatic heterocycles. The van der Waals surface area contributed by atoms with E-state index in [9.17, 15) is 14.9 Å². The highest BCUT2D eigenvalue weighted by molar-refractivity contribution is 6.30. The van der Waals surface area contributed by atoms with E-state index in [1.807, 2.05) is 12.1 Å². The van der Waals surface area contributed by atoms with Crippen molar-refractivity contribution < 1.29 is 28.7 Å². The molecule has 9 heteroatoms. The highest BCUT2D eigenvalue weighted by Gasteiger charge is 2.45. The summed E-state index contributed by atoms with van der Waals surface area (Å²) >= 11 is 6.20. The molecule has 0 bridgehead atoms. The number of methoxy groups -OCH3 is 2. The maximum Gasteiger partial charge on any atom is 0.338 e. The lowest BCUT2D eigenvalue weighted by Gasteiger charge is -2.42. The van der Waals surface area contributed by atoms with Gasteiger partial charge in [0.15, 0.2) is 12.0 Å². The van der Waals surface area contributed by atoms with E-state index >= 15 is 0 Å². The van der Waals surface area contributed by atoms with Gasteiger partial charge in [-0.05, 0) is 61.6 Å². The quantitative estimate of drug-likeness (QED) is 0.230. The molecule has 8 nitrogen and oxygen atoms in total. The molecule has 2 aromatic rings.